The Balaban J connectivity index is 2.18. The standard InChI is InChI=1S/C20H15IN4O4/c1-22-16-11-24(14-8-6-13(21)7-9-14)18(17(16)19(26)23(2)20(22)27)12-4-3-5-15(10-12)25(28)29/h3-11H,1-2H3. The molecule has 2 aromatic carbocycles. The number of fused-ring (bicyclic) bond motifs is 1. The van der Waals surface area contributed by atoms with Crippen LogP contribution in [0, 0.1) is 13.7 Å². The first-order valence-corrected chi connectivity index (χ1v) is 9.69. The highest BCUT2D eigenvalue weighted by atomic mass is 127. The predicted molar refractivity (Wildman–Crippen MR) is 119 cm³/mol. The minimum absolute atomic E-state index is 0.0762. The van der Waals surface area contributed by atoms with Crippen molar-refractivity contribution in [1.82, 2.24) is 13.7 Å². The van der Waals surface area contributed by atoms with E-state index in [0.29, 0.717) is 22.2 Å². The minimum atomic E-state index is -0.475. The van der Waals surface area contributed by atoms with Crippen LogP contribution in [0.1, 0.15) is 0 Å². The molecule has 0 aliphatic rings. The van der Waals surface area contributed by atoms with Gasteiger partial charge in [0.05, 0.1) is 21.5 Å². The van der Waals surface area contributed by atoms with Gasteiger partial charge in [0.1, 0.15) is 0 Å². The zero-order chi connectivity index (χ0) is 20.9. The molecule has 0 saturated carbocycles. The Morgan fingerprint density at radius 3 is 2.34 bits per heavy atom. The van der Waals surface area contributed by atoms with Crippen LogP contribution in [-0.4, -0.2) is 18.6 Å². The summed E-state index contributed by atoms with van der Waals surface area (Å²) in [5, 5.41) is 11.6. The molecular formula is C20H15IN4O4. The molecule has 146 valence electrons. The molecule has 0 saturated heterocycles. The molecule has 0 aliphatic carbocycles. The van der Waals surface area contributed by atoms with Crippen molar-refractivity contribution in [2.75, 3.05) is 0 Å². The van der Waals surface area contributed by atoms with Crippen molar-refractivity contribution in [2.45, 2.75) is 0 Å². The molecule has 0 spiro atoms. The Kier molecular flexibility index (Phi) is 4.61. The van der Waals surface area contributed by atoms with Gasteiger partial charge in [0.15, 0.2) is 0 Å². The molecule has 9 heteroatoms. The summed E-state index contributed by atoms with van der Waals surface area (Å²) in [5.41, 5.74) is 1.29. The quantitative estimate of drug-likeness (QED) is 0.245. The highest BCUT2D eigenvalue weighted by molar-refractivity contribution is 14.1. The maximum Gasteiger partial charge on any atom is 0.330 e. The number of hydrogen-bond donors (Lipinski definition) is 0. The van der Waals surface area contributed by atoms with E-state index in [1.165, 1.54) is 23.7 Å². The maximum absolute atomic E-state index is 13.0. The Hall–Kier alpha value is -3.21. The van der Waals surface area contributed by atoms with Gasteiger partial charge in [0.25, 0.3) is 11.2 Å². The van der Waals surface area contributed by atoms with Crippen LogP contribution in [0.3, 0.4) is 0 Å². The number of aryl methyl sites for hydroxylation is 1. The van der Waals surface area contributed by atoms with Gasteiger partial charge in [-0.15, -0.1) is 0 Å². The van der Waals surface area contributed by atoms with Gasteiger partial charge in [-0.2, -0.15) is 0 Å². The van der Waals surface area contributed by atoms with Gasteiger partial charge in [-0.25, -0.2) is 4.79 Å². The Morgan fingerprint density at radius 1 is 1.00 bits per heavy atom. The normalized spacial score (nSPS) is 11.1. The molecule has 0 radical (unpaired) electrons. The van der Waals surface area contributed by atoms with Crippen molar-refractivity contribution >= 4 is 39.2 Å². The number of halogens is 1. The third-order valence-corrected chi connectivity index (χ3v) is 5.59. The monoisotopic (exact) mass is 502 g/mol. The van der Waals surface area contributed by atoms with Crippen molar-refractivity contribution in [3.05, 3.63) is 89.3 Å². The van der Waals surface area contributed by atoms with Crippen molar-refractivity contribution in [3.63, 3.8) is 0 Å². The summed E-state index contributed by atoms with van der Waals surface area (Å²) >= 11 is 2.20. The number of nitro benzene ring substituents is 1. The highest BCUT2D eigenvalue weighted by Crippen LogP contribution is 2.32. The number of nitro groups is 1. The second-order valence-corrected chi connectivity index (χ2v) is 7.84. The fourth-order valence-electron chi connectivity index (χ4n) is 3.40. The summed E-state index contributed by atoms with van der Waals surface area (Å²) in [6.45, 7) is 0. The van der Waals surface area contributed by atoms with E-state index >= 15 is 0 Å². The van der Waals surface area contributed by atoms with Crippen LogP contribution >= 0.6 is 22.6 Å². The van der Waals surface area contributed by atoms with E-state index in [-0.39, 0.29) is 5.69 Å². The van der Waals surface area contributed by atoms with Crippen LogP contribution in [0.2, 0.25) is 0 Å². The van der Waals surface area contributed by atoms with Gasteiger partial charge in [-0.05, 0) is 46.9 Å². The molecule has 2 aromatic heterocycles. The lowest BCUT2D eigenvalue weighted by Crippen LogP contribution is -2.36. The fraction of sp³-hybridized carbons (Fsp3) is 0.100. The lowest BCUT2D eigenvalue weighted by atomic mass is 10.1. The molecule has 0 bridgehead atoms. The zero-order valence-electron chi connectivity index (χ0n) is 15.5. The SMILES string of the molecule is Cn1c(=O)c2c(-c3cccc([N+](=O)[O-])c3)n(-c3ccc(I)cc3)cc2n(C)c1=O. The molecule has 4 rings (SSSR count). The summed E-state index contributed by atoms with van der Waals surface area (Å²) < 4.78 is 5.28. The molecule has 0 amide bonds. The first-order chi connectivity index (χ1) is 13.8. The summed E-state index contributed by atoms with van der Waals surface area (Å²) in [6, 6.07) is 13.8. The van der Waals surface area contributed by atoms with Crippen molar-refractivity contribution in [2.24, 2.45) is 14.1 Å². The Morgan fingerprint density at radius 2 is 1.69 bits per heavy atom. The van der Waals surface area contributed by atoms with Gasteiger partial charge in [-0.3, -0.25) is 24.0 Å². The molecule has 0 aliphatic heterocycles. The Bertz CT molecular complexity index is 1400. The van der Waals surface area contributed by atoms with E-state index in [1.54, 1.807) is 29.9 Å². The molecule has 0 N–H and O–H groups in total. The summed E-state index contributed by atoms with van der Waals surface area (Å²) in [4.78, 5) is 36.2. The van der Waals surface area contributed by atoms with Gasteiger partial charge in [0, 0.05) is 47.2 Å². The smallest absolute Gasteiger partial charge is 0.314 e. The molecule has 2 heterocycles. The Labute approximate surface area is 177 Å². The van der Waals surface area contributed by atoms with Crippen LogP contribution in [0.25, 0.3) is 27.8 Å². The number of non-ortho nitro benzene ring substituents is 1. The number of hydrogen-bond acceptors (Lipinski definition) is 4. The van der Waals surface area contributed by atoms with Crippen molar-refractivity contribution in [1.29, 1.82) is 0 Å². The second kappa shape index (κ2) is 6.99. The van der Waals surface area contributed by atoms with Gasteiger partial charge < -0.3 is 4.57 Å². The lowest BCUT2D eigenvalue weighted by molar-refractivity contribution is -0.384. The van der Waals surface area contributed by atoms with Crippen LogP contribution in [-0.2, 0) is 14.1 Å². The van der Waals surface area contributed by atoms with Gasteiger partial charge in [-0.1, -0.05) is 12.1 Å². The zero-order valence-corrected chi connectivity index (χ0v) is 17.7. The fourth-order valence-corrected chi connectivity index (χ4v) is 3.76. The summed E-state index contributed by atoms with van der Waals surface area (Å²) in [6.07, 6.45) is 1.72. The van der Waals surface area contributed by atoms with Crippen LogP contribution in [0.5, 0.6) is 0 Å². The molecule has 0 unspecified atom stereocenters. The average Bonchev–Trinajstić information content (AvgIpc) is 3.12. The predicted octanol–water partition coefficient (Wildman–Crippen LogP) is 3.21. The minimum Gasteiger partial charge on any atom is -0.314 e. The van der Waals surface area contributed by atoms with E-state index in [9.17, 15) is 19.7 Å². The van der Waals surface area contributed by atoms with Gasteiger partial charge in [0.2, 0.25) is 0 Å². The number of benzene rings is 2. The molecule has 8 nitrogen and oxygen atoms in total. The average molecular weight is 502 g/mol. The largest absolute Gasteiger partial charge is 0.330 e. The molecule has 29 heavy (non-hydrogen) atoms. The third kappa shape index (κ3) is 3.07. The van der Waals surface area contributed by atoms with E-state index in [2.05, 4.69) is 22.6 Å². The third-order valence-electron chi connectivity index (χ3n) is 4.87. The highest BCUT2D eigenvalue weighted by Gasteiger charge is 2.21. The van der Waals surface area contributed by atoms with Crippen LogP contribution in [0.4, 0.5) is 5.69 Å². The molecular weight excluding hydrogens is 487 g/mol. The van der Waals surface area contributed by atoms with E-state index < -0.39 is 16.2 Å². The van der Waals surface area contributed by atoms with E-state index in [1.807, 2.05) is 24.3 Å². The maximum atomic E-state index is 13.0. The van der Waals surface area contributed by atoms with E-state index in [4.69, 9.17) is 0 Å². The lowest BCUT2D eigenvalue weighted by Gasteiger charge is -2.10. The van der Waals surface area contributed by atoms with Crippen molar-refractivity contribution in [3.8, 4) is 16.9 Å². The molecule has 0 atom stereocenters. The topological polar surface area (TPSA) is 92.1 Å². The summed E-state index contributed by atoms with van der Waals surface area (Å²) in [5.74, 6) is 0. The number of rotatable bonds is 3. The first kappa shape index (κ1) is 19.1. The second-order valence-electron chi connectivity index (χ2n) is 6.60. The number of nitrogens with zero attached hydrogens (tertiary/aromatic N) is 4. The summed E-state index contributed by atoms with van der Waals surface area (Å²) in [7, 11) is 3.02. The van der Waals surface area contributed by atoms with Crippen molar-refractivity contribution < 1.29 is 4.92 Å². The van der Waals surface area contributed by atoms with E-state index in [0.717, 1.165) is 13.8 Å². The number of aromatic nitrogens is 3. The van der Waals surface area contributed by atoms with Crippen LogP contribution in [0.15, 0.2) is 64.3 Å². The first-order valence-electron chi connectivity index (χ1n) is 8.61. The molecule has 0 fully saturated rings. The molecule has 4 aromatic rings. The van der Waals surface area contributed by atoms with Crippen LogP contribution < -0.4 is 11.2 Å². The van der Waals surface area contributed by atoms with Gasteiger partial charge >= 0.3 is 5.69 Å².